The van der Waals surface area contributed by atoms with Crippen LogP contribution in [-0.4, -0.2) is 14.4 Å². The first-order valence-electron chi connectivity index (χ1n) is 4.92. The van der Waals surface area contributed by atoms with E-state index in [1.807, 2.05) is 18.6 Å². The molecular weight excluding hydrogens is 174 g/mol. The maximum Gasteiger partial charge on any atom is 0.155 e. The lowest BCUT2D eigenvalue weighted by Crippen LogP contribution is -2.19. The minimum absolute atomic E-state index is 0.146. The predicted octanol–water partition coefficient (Wildman–Crippen LogP) is 2.42. The summed E-state index contributed by atoms with van der Waals surface area (Å²) in [5.41, 5.74) is 2.28. The van der Waals surface area contributed by atoms with Gasteiger partial charge in [0, 0.05) is 29.7 Å². The second kappa shape index (κ2) is 3.08. The summed E-state index contributed by atoms with van der Waals surface area (Å²) < 4.78 is 2.11. The fraction of sp³-hybridized carbons (Fsp3) is 0.455. The number of nitrogens with zero attached hydrogens (tertiary/aromatic N) is 3. The highest BCUT2D eigenvalue weighted by Crippen LogP contribution is 2.26. The molecule has 0 saturated carbocycles. The molecule has 3 nitrogen and oxygen atoms in total. The van der Waals surface area contributed by atoms with Gasteiger partial charge in [0.2, 0.25) is 0 Å². The van der Waals surface area contributed by atoms with Crippen LogP contribution in [0, 0.1) is 0 Å². The van der Waals surface area contributed by atoms with Crippen LogP contribution in [0.1, 0.15) is 32.9 Å². The third kappa shape index (κ3) is 1.29. The van der Waals surface area contributed by atoms with Gasteiger partial charge in [0.25, 0.3) is 0 Å². The van der Waals surface area contributed by atoms with E-state index in [1.54, 1.807) is 6.20 Å². The molecule has 2 aromatic heterocycles. The Morgan fingerprint density at radius 3 is 2.86 bits per heavy atom. The molecule has 2 heterocycles. The largest absolute Gasteiger partial charge is 0.301 e. The first kappa shape index (κ1) is 9.19. The van der Waals surface area contributed by atoms with Crippen LogP contribution >= 0.6 is 0 Å². The van der Waals surface area contributed by atoms with Gasteiger partial charge < -0.3 is 4.40 Å². The summed E-state index contributed by atoms with van der Waals surface area (Å²) in [7, 11) is 0. The third-order valence-corrected chi connectivity index (χ3v) is 2.89. The van der Waals surface area contributed by atoms with E-state index in [0.717, 1.165) is 12.1 Å². The van der Waals surface area contributed by atoms with Gasteiger partial charge in [-0.2, -0.15) is 0 Å². The Kier molecular flexibility index (Phi) is 2.02. The van der Waals surface area contributed by atoms with E-state index in [4.69, 9.17) is 0 Å². The number of hydrogen-bond acceptors (Lipinski definition) is 2. The van der Waals surface area contributed by atoms with Crippen LogP contribution in [0.5, 0.6) is 0 Å². The molecule has 14 heavy (non-hydrogen) atoms. The molecule has 0 bridgehead atoms. The van der Waals surface area contributed by atoms with Gasteiger partial charge in [-0.1, -0.05) is 20.8 Å². The summed E-state index contributed by atoms with van der Waals surface area (Å²) in [6.45, 7) is 6.64. The van der Waals surface area contributed by atoms with E-state index in [0.29, 0.717) is 0 Å². The number of imidazole rings is 1. The average molecular weight is 189 g/mol. The molecule has 0 radical (unpaired) electrons. The van der Waals surface area contributed by atoms with Crippen LogP contribution in [0.15, 0.2) is 24.8 Å². The second-order valence-electron chi connectivity index (χ2n) is 4.19. The first-order chi connectivity index (χ1) is 6.65. The van der Waals surface area contributed by atoms with Crippen LogP contribution in [-0.2, 0) is 5.41 Å². The zero-order valence-corrected chi connectivity index (χ0v) is 8.86. The molecule has 3 heteroatoms. The summed E-state index contributed by atoms with van der Waals surface area (Å²) >= 11 is 0. The fourth-order valence-corrected chi connectivity index (χ4v) is 1.53. The molecule has 0 spiro atoms. The minimum atomic E-state index is 0.146. The van der Waals surface area contributed by atoms with Gasteiger partial charge in [0.15, 0.2) is 5.65 Å². The topological polar surface area (TPSA) is 30.2 Å². The number of hydrogen-bond donors (Lipinski definition) is 0. The molecular formula is C11H15N3. The zero-order chi connectivity index (χ0) is 10.2. The number of aromatic nitrogens is 3. The van der Waals surface area contributed by atoms with E-state index in [9.17, 15) is 0 Å². The van der Waals surface area contributed by atoms with E-state index < -0.39 is 0 Å². The van der Waals surface area contributed by atoms with Gasteiger partial charge in [-0.15, -0.1) is 0 Å². The van der Waals surface area contributed by atoms with Crippen molar-refractivity contribution in [3.05, 3.63) is 30.5 Å². The molecule has 0 atom stereocenters. The highest BCUT2D eigenvalue weighted by Gasteiger charge is 2.21. The van der Waals surface area contributed by atoms with Crippen molar-refractivity contribution in [2.45, 2.75) is 32.6 Å². The average Bonchev–Trinajstić information content (AvgIpc) is 2.64. The smallest absolute Gasteiger partial charge is 0.155 e. The molecule has 0 amide bonds. The zero-order valence-electron chi connectivity index (χ0n) is 8.86. The number of rotatable bonds is 2. The van der Waals surface area contributed by atoms with Crippen LogP contribution in [0.3, 0.4) is 0 Å². The van der Waals surface area contributed by atoms with Crippen molar-refractivity contribution in [2.24, 2.45) is 0 Å². The molecule has 0 aliphatic rings. The molecule has 0 aromatic carbocycles. The van der Waals surface area contributed by atoms with Gasteiger partial charge in [-0.05, 0) is 6.42 Å². The molecule has 2 rings (SSSR count). The monoisotopic (exact) mass is 189 g/mol. The summed E-state index contributed by atoms with van der Waals surface area (Å²) in [6, 6.07) is 0. The van der Waals surface area contributed by atoms with Crippen LogP contribution in [0.2, 0.25) is 0 Å². The maximum atomic E-state index is 4.23. The molecule has 0 aliphatic heterocycles. The Balaban J connectivity index is 2.67. The van der Waals surface area contributed by atoms with Crippen molar-refractivity contribution in [3.63, 3.8) is 0 Å². The predicted molar refractivity (Wildman–Crippen MR) is 56.3 cm³/mol. The van der Waals surface area contributed by atoms with Crippen molar-refractivity contribution in [2.75, 3.05) is 0 Å². The van der Waals surface area contributed by atoms with Gasteiger partial charge >= 0.3 is 0 Å². The Morgan fingerprint density at radius 1 is 1.36 bits per heavy atom. The molecule has 0 unspecified atom stereocenters. The highest BCUT2D eigenvalue weighted by atomic mass is 15.0. The highest BCUT2D eigenvalue weighted by molar-refractivity contribution is 5.37. The van der Waals surface area contributed by atoms with Gasteiger partial charge in [0.05, 0.1) is 6.20 Å². The van der Waals surface area contributed by atoms with Gasteiger partial charge in [-0.25, -0.2) is 4.98 Å². The van der Waals surface area contributed by atoms with Gasteiger partial charge in [0.1, 0.15) is 0 Å². The van der Waals surface area contributed by atoms with E-state index in [-0.39, 0.29) is 5.41 Å². The lowest BCUT2D eigenvalue weighted by atomic mass is 9.86. The van der Waals surface area contributed by atoms with Crippen LogP contribution < -0.4 is 0 Å². The fourth-order valence-electron chi connectivity index (χ4n) is 1.53. The van der Waals surface area contributed by atoms with Crippen LogP contribution in [0.4, 0.5) is 0 Å². The molecule has 2 aromatic rings. The second-order valence-corrected chi connectivity index (χ2v) is 4.19. The molecule has 74 valence electrons. The molecule has 0 fully saturated rings. The van der Waals surface area contributed by atoms with Crippen LogP contribution in [0.25, 0.3) is 5.65 Å². The van der Waals surface area contributed by atoms with E-state index in [2.05, 4.69) is 35.1 Å². The lowest BCUT2D eigenvalue weighted by Gasteiger charge is -2.23. The van der Waals surface area contributed by atoms with Gasteiger partial charge in [-0.3, -0.25) is 4.98 Å². The minimum Gasteiger partial charge on any atom is -0.301 e. The molecule has 0 N–H and O–H groups in total. The third-order valence-electron chi connectivity index (χ3n) is 2.89. The molecule has 0 saturated heterocycles. The van der Waals surface area contributed by atoms with E-state index >= 15 is 0 Å². The van der Waals surface area contributed by atoms with Crippen molar-refractivity contribution < 1.29 is 0 Å². The first-order valence-corrected chi connectivity index (χ1v) is 4.92. The normalized spacial score (nSPS) is 12.2. The van der Waals surface area contributed by atoms with Crippen molar-refractivity contribution in [3.8, 4) is 0 Å². The van der Waals surface area contributed by atoms with Crippen molar-refractivity contribution in [1.29, 1.82) is 0 Å². The number of fused-ring (bicyclic) bond motifs is 1. The SMILES string of the molecule is CCC(C)(C)c1cncc2nccn12. The summed E-state index contributed by atoms with van der Waals surface area (Å²) in [5.74, 6) is 0. The summed E-state index contributed by atoms with van der Waals surface area (Å²) in [4.78, 5) is 8.44. The Hall–Kier alpha value is -1.38. The summed E-state index contributed by atoms with van der Waals surface area (Å²) in [5, 5.41) is 0. The quantitative estimate of drug-likeness (QED) is 0.726. The Bertz CT molecular complexity index is 442. The lowest BCUT2D eigenvalue weighted by molar-refractivity contribution is 0.482. The Labute approximate surface area is 83.8 Å². The van der Waals surface area contributed by atoms with Crippen molar-refractivity contribution >= 4 is 5.65 Å². The Morgan fingerprint density at radius 2 is 2.14 bits per heavy atom. The molecule has 0 aliphatic carbocycles. The maximum absolute atomic E-state index is 4.23. The van der Waals surface area contributed by atoms with E-state index in [1.165, 1.54) is 5.69 Å². The standard InChI is InChI=1S/C11H15N3/c1-4-11(2,3)9-7-12-8-10-13-5-6-14(9)10/h5-8H,4H2,1-3H3. The summed E-state index contributed by atoms with van der Waals surface area (Å²) in [6.07, 6.45) is 8.61. The van der Waals surface area contributed by atoms with Crippen molar-refractivity contribution in [1.82, 2.24) is 14.4 Å².